The third-order valence-corrected chi connectivity index (χ3v) is 3.56. The Bertz CT molecular complexity index is 581. The van der Waals surface area contributed by atoms with Gasteiger partial charge in [-0.1, -0.05) is 11.6 Å². The summed E-state index contributed by atoms with van der Waals surface area (Å²) in [5.74, 6) is 0. The zero-order chi connectivity index (χ0) is 14.0. The van der Waals surface area contributed by atoms with Crippen LogP contribution in [-0.4, -0.2) is 4.98 Å². The molecule has 2 aromatic rings. The SMILES string of the molecule is Cc1nc(CNc2ccc(Cl)c(C(F)(F)F)c2)cs1. The molecule has 1 N–H and O–H groups in total. The van der Waals surface area contributed by atoms with Crippen molar-refractivity contribution in [3.63, 3.8) is 0 Å². The highest BCUT2D eigenvalue weighted by atomic mass is 35.5. The predicted octanol–water partition coefficient (Wildman–Crippen LogP) is 4.74. The van der Waals surface area contributed by atoms with Crippen molar-refractivity contribution in [3.05, 3.63) is 44.9 Å². The topological polar surface area (TPSA) is 24.9 Å². The molecule has 0 saturated heterocycles. The van der Waals surface area contributed by atoms with E-state index in [-0.39, 0.29) is 5.02 Å². The van der Waals surface area contributed by atoms with E-state index in [0.29, 0.717) is 12.2 Å². The van der Waals surface area contributed by atoms with E-state index < -0.39 is 11.7 Å². The molecule has 1 aromatic carbocycles. The molecule has 1 heterocycles. The van der Waals surface area contributed by atoms with Crippen molar-refractivity contribution in [2.24, 2.45) is 0 Å². The number of anilines is 1. The number of thiazole rings is 1. The fraction of sp³-hybridized carbons (Fsp3) is 0.250. The molecule has 0 saturated carbocycles. The minimum Gasteiger partial charge on any atom is -0.379 e. The molecule has 19 heavy (non-hydrogen) atoms. The highest BCUT2D eigenvalue weighted by Gasteiger charge is 2.33. The molecule has 0 aliphatic carbocycles. The Balaban J connectivity index is 2.13. The van der Waals surface area contributed by atoms with Gasteiger partial charge in [0, 0.05) is 11.1 Å². The summed E-state index contributed by atoms with van der Waals surface area (Å²) in [5, 5.41) is 5.38. The average Bonchev–Trinajstić information content (AvgIpc) is 2.72. The summed E-state index contributed by atoms with van der Waals surface area (Å²) in [6.45, 7) is 2.25. The Morgan fingerprint density at radius 1 is 1.37 bits per heavy atom. The largest absolute Gasteiger partial charge is 0.417 e. The highest BCUT2D eigenvalue weighted by Crippen LogP contribution is 2.36. The van der Waals surface area contributed by atoms with Crippen molar-refractivity contribution < 1.29 is 13.2 Å². The first-order chi connectivity index (χ1) is 8.86. The molecule has 0 unspecified atom stereocenters. The zero-order valence-electron chi connectivity index (χ0n) is 9.88. The number of nitrogens with zero attached hydrogens (tertiary/aromatic N) is 1. The number of halogens is 4. The van der Waals surface area contributed by atoms with Crippen molar-refractivity contribution in [1.29, 1.82) is 0 Å². The molecule has 7 heteroatoms. The van der Waals surface area contributed by atoms with Gasteiger partial charge in [0.25, 0.3) is 0 Å². The Hall–Kier alpha value is -1.27. The molecule has 2 rings (SSSR count). The summed E-state index contributed by atoms with van der Waals surface area (Å²) < 4.78 is 38.0. The van der Waals surface area contributed by atoms with Gasteiger partial charge in [-0.05, 0) is 25.1 Å². The molecule has 0 aliphatic rings. The summed E-state index contributed by atoms with van der Waals surface area (Å²) in [4.78, 5) is 4.22. The standard InChI is InChI=1S/C12H10ClF3N2S/c1-7-18-9(6-19-7)5-17-8-2-3-11(13)10(4-8)12(14,15)16/h2-4,6,17H,5H2,1H3. The molecule has 0 radical (unpaired) electrons. The highest BCUT2D eigenvalue weighted by molar-refractivity contribution is 7.09. The predicted molar refractivity (Wildman–Crippen MR) is 70.6 cm³/mol. The lowest BCUT2D eigenvalue weighted by Gasteiger charge is -2.11. The fourth-order valence-corrected chi connectivity index (χ4v) is 2.37. The maximum absolute atomic E-state index is 12.7. The molecular formula is C12H10ClF3N2S. The van der Waals surface area contributed by atoms with Crippen molar-refractivity contribution in [1.82, 2.24) is 4.98 Å². The average molecular weight is 307 g/mol. The van der Waals surface area contributed by atoms with E-state index in [1.807, 2.05) is 12.3 Å². The van der Waals surface area contributed by atoms with Gasteiger partial charge in [0.15, 0.2) is 0 Å². The van der Waals surface area contributed by atoms with Crippen molar-refractivity contribution in [2.75, 3.05) is 5.32 Å². The van der Waals surface area contributed by atoms with Crippen LogP contribution in [-0.2, 0) is 12.7 Å². The van der Waals surface area contributed by atoms with E-state index in [0.717, 1.165) is 16.8 Å². The van der Waals surface area contributed by atoms with E-state index in [2.05, 4.69) is 10.3 Å². The molecule has 0 bridgehead atoms. The Labute approximate surface area is 117 Å². The van der Waals surface area contributed by atoms with Crippen molar-refractivity contribution in [2.45, 2.75) is 19.6 Å². The molecule has 0 fully saturated rings. The molecule has 0 spiro atoms. The first-order valence-electron chi connectivity index (χ1n) is 5.38. The fourth-order valence-electron chi connectivity index (χ4n) is 1.53. The normalized spacial score (nSPS) is 11.6. The number of aromatic nitrogens is 1. The van der Waals surface area contributed by atoms with Gasteiger partial charge in [-0.25, -0.2) is 4.98 Å². The number of aryl methyl sites for hydroxylation is 1. The summed E-state index contributed by atoms with van der Waals surface area (Å²) in [7, 11) is 0. The summed E-state index contributed by atoms with van der Waals surface area (Å²) >= 11 is 7.04. The maximum Gasteiger partial charge on any atom is 0.417 e. The van der Waals surface area contributed by atoms with Crippen LogP contribution in [0.3, 0.4) is 0 Å². The number of benzene rings is 1. The third kappa shape index (κ3) is 3.61. The van der Waals surface area contributed by atoms with Crippen LogP contribution in [0, 0.1) is 6.92 Å². The summed E-state index contributed by atoms with van der Waals surface area (Å²) in [6, 6.07) is 3.75. The van der Waals surface area contributed by atoms with Gasteiger partial charge in [0.05, 0.1) is 27.8 Å². The van der Waals surface area contributed by atoms with E-state index in [1.54, 1.807) is 0 Å². The van der Waals surface area contributed by atoms with Gasteiger partial charge in [-0.15, -0.1) is 11.3 Å². The number of nitrogens with one attached hydrogen (secondary N) is 1. The molecule has 1 aromatic heterocycles. The molecule has 2 nitrogen and oxygen atoms in total. The number of alkyl halides is 3. The molecule has 0 aliphatic heterocycles. The third-order valence-electron chi connectivity index (χ3n) is 2.41. The quantitative estimate of drug-likeness (QED) is 0.886. The van der Waals surface area contributed by atoms with E-state index >= 15 is 0 Å². The Morgan fingerprint density at radius 2 is 2.11 bits per heavy atom. The lowest BCUT2D eigenvalue weighted by molar-refractivity contribution is -0.137. The molecular weight excluding hydrogens is 297 g/mol. The first kappa shape index (κ1) is 14.1. The first-order valence-corrected chi connectivity index (χ1v) is 6.63. The van der Waals surface area contributed by atoms with Crippen LogP contribution in [0.2, 0.25) is 5.02 Å². The van der Waals surface area contributed by atoms with Crippen molar-refractivity contribution >= 4 is 28.6 Å². The smallest absolute Gasteiger partial charge is 0.379 e. The second-order valence-electron chi connectivity index (χ2n) is 3.90. The maximum atomic E-state index is 12.7. The lowest BCUT2D eigenvalue weighted by Crippen LogP contribution is -2.07. The van der Waals surface area contributed by atoms with Gasteiger partial charge in [-0.3, -0.25) is 0 Å². The van der Waals surface area contributed by atoms with E-state index in [4.69, 9.17) is 11.6 Å². The van der Waals surface area contributed by atoms with E-state index in [1.165, 1.54) is 23.5 Å². The monoisotopic (exact) mass is 306 g/mol. The Morgan fingerprint density at radius 3 is 2.68 bits per heavy atom. The molecule has 102 valence electrons. The van der Waals surface area contributed by atoms with Crippen LogP contribution in [0.5, 0.6) is 0 Å². The molecule has 0 atom stereocenters. The zero-order valence-corrected chi connectivity index (χ0v) is 11.5. The van der Waals surface area contributed by atoms with Crippen LogP contribution < -0.4 is 5.32 Å². The van der Waals surface area contributed by atoms with Gasteiger partial charge >= 0.3 is 6.18 Å². The van der Waals surface area contributed by atoms with Crippen LogP contribution in [0.15, 0.2) is 23.6 Å². The van der Waals surface area contributed by atoms with Gasteiger partial charge in [-0.2, -0.15) is 13.2 Å². The minimum atomic E-state index is -4.45. The van der Waals surface area contributed by atoms with Crippen LogP contribution in [0.4, 0.5) is 18.9 Å². The van der Waals surface area contributed by atoms with Crippen molar-refractivity contribution in [3.8, 4) is 0 Å². The van der Waals surface area contributed by atoms with Gasteiger partial charge < -0.3 is 5.32 Å². The number of hydrogen-bond acceptors (Lipinski definition) is 3. The second kappa shape index (κ2) is 5.38. The summed E-state index contributed by atoms with van der Waals surface area (Å²) in [6.07, 6.45) is -4.45. The van der Waals surface area contributed by atoms with Gasteiger partial charge in [0.1, 0.15) is 0 Å². The second-order valence-corrected chi connectivity index (χ2v) is 5.37. The van der Waals surface area contributed by atoms with E-state index in [9.17, 15) is 13.2 Å². The number of hydrogen-bond donors (Lipinski definition) is 1. The molecule has 0 amide bonds. The minimum absolute atomic E-state index is 0.303. The van der Waals surface area contributed by atoms with Crippen LogP contribution in [0.25, 0.3) is 0 Å². The lowest BCUT2D eigenvalue weighted by atomic mass is 10.2. The number of rotatable bonds is 3. The van der Waals surface area contributed by atoms with Gasteiger partial charge in [0.2, 0.25) is 0 Å². The Kier molecular flexibility index (Phi) is 4.01. The van der Waals surface area contributed by atoms with Crippen LogP contribution >= 0.6 is 22.9 Å². The summed E-state index contributed by atoms with van der Waals surface area (Å²) in [5.41, 5.74) is 0.321. The van der Waals surface area contributed by atoms with Crippen LogP contribution in [0.1, 0.15) is 16.3 Å².